The van der Waals surface area contributed by atoms with Crippen molar-refractivity contribution in [2.24, 2.45) is 5.92 Å². The molecule has 1 fully saturated rings. The van der Waals surface area contributed by atoms with Crippen molar-refractivity contribution in [3.8, 4) is 0 Å². The van der Waals surface area contributed by atoms with Crippen LogP contribution in [0, 0.1) is 12.8 Å². The van der Waals surface area contributed by atoms with Crippen LogP contribution < -0.4 is 15.5 Å². The van der Waals surface area contributed by atoms with Gasteiger partial charge in [0.1, 0.15) is 6.04 Å². The number of hydrogen-bond acceptors (Lipinski definition) is 6. The van der Waals surface area contributed by atoms with Gasteiger partial charge in [-0.05, 0) is 49.9 Å². The van der Waals surface area contributed by atoms with Crippen LogP contribution in [-0.2, 0) is 4.79 Å². The maximum Gasteiger partial charge on any atom is 0.252 e. The van der Waals surface area contributed by atoms with E-state index in [4.69, 9.17) is 0 Å². The summed E-state index contributed by atoms with van der Waals surface area (Å²) in [5.41, 5.74) is 1.51. The van der Waals surface area contributed by atoms with E-state index >= 15 is 0 Å². The van der Waals surface area contributed by atoms with E-state index in [1.807, 2.05) is 31.2 Å². The molecule has 1 aliphatic heterocycles. The van der Waals surface area contributed by atoms with Crippen LogP contribution in [0.25, 0.3) is 0 Å². The average Bonchev–Trinajstić information content (AvgIpc) is 2.82. The number of amides is 2. The molecule has 1 aromatic carbocycles. The molecule has 0 radical (unpaired) electrons. The Kier molecular flexibility index (Phi) is 9.18. The monoisotopic (exact) mass is 452 g/mol. The first-order chi connectivity index (χ1) is 15.9. The number of benzene rings is 1. The zero-order valence-corrected chi connectivity index (χ0v) is 20.0. The van der Waals surface area contributed by atoms with Gasteiger partial charge in [-0.15, -0.1) is 0 Å². The van der Waals surface area contributed by atoms with Crippen LogP contribution in [-0.4, -0.2) is 72.0 Å². The van der Waals surface area contributed by atoms with Crippen LogP contribution in [0.1, 0.15) is 42.6 Å². The van der Waals surface area contributed by atoms with Crippen molar-refractivity contribution in [1.82, 2.24) is 25.5 Å². The molecule has 8 nitrogen and oxygen atoms in total. The molecule has 0 spiro atoms. The number of nitrogens with zero attached hydrogens (tertiary/aromatic N) is 4. The predicted molar refractivity (Wildman–Crippen MR) is 130 cm³/mol. The molecule has 1 atom stereocenters. The fraction of sp³-hybridized carbons (Fsp3) is 0.520. The van der Waals surface area contributed by atoms with Crippen LogP contribution in [0.3, 0.4) is 0 Å². The summed E-state index contributed by atoms with van der Waals surface area (Å²) in [6.45, 7) is 11.2. The molecule has 3 rings (SSSR count). The summed E-state index contributed by atoms with van der Waals surface area (Å²) < 4.78 is 0. The Hall–Kier alpha value is -3.00. The molecule has 1 aliphatic rings. The van der Waals surface area contributed by atoms with Gasteiger partial charge in [0.15, 0.2) is 0 Å². The number of carbonyl (C=O) groups excluding carboxylic acids is 2. The van der Waals surface area contributed by atoms with Crippen molar-refractivity contribution in [3.05, 3.63) is 53.9 Å². The summed E-state index contributed by atoms with van der Waals surface area (Å²) in [5.74, 6) is 0.766. The molecule has 2 amide bonds. The summed E-state index contributed by atoms with van der Waals surface area (Å²) in [4.78, 5) is 38.8. The lowest BCUT2D eigenvalue weighted by Gasteiger charge is -2.34. The molecule has 1 saturated heterocycles. The second kappa shape index (κ2) is 12.3. The SMILES string of the molecule is Cc1ccccc1C(=O)NC(CC(C)C)C(=O)NCCCN1CCN(c2ncccn2)CC1. The van der Waals surface area contributed by atoms with Gasteiger partial charge in [-0.2, -0.15) is 0 Å². The van der Waals surface area contributed by atoms with Crippen LogP contribution in [0.4, 0.5) is 5.95 Å². The maximum absolute atomic E-state index is 12.8. The zero-order chi connectivity index (χ0) is 23.6. The minimum atomic E-state index is -0.536. The van der Waals surface area contributed by atoms with Crippen LogP contribution in [0.5, 0.6) is 0 Å². The number of hydrogen-bond donors (Lipinski definition) is 2. The van der Waals surface area contributed by atoms with E-state index in [9.17, 15) is 9.59 Å². The summed E-state index contributed by atoms with van der Waals surface area (Å²) in [7, 11) is 0. The number of piperazine rings is 1. The number of aromatic nitrogens is 2. The number of carbonyl (C=O) groups is 2. The summed E-state index contributed by atoms with van der Waals surface area (Å²) in [6.07, 6.45) is 5.02. The van der Waals surface area contributed by atoms with Crippen molar-refractivity contribution in [1.29, 1.82) is 0 Å². The highest BCUT2D eigenvalue weighted by atomic mass is 16.2. The molecule has 0 aliphatic carbocycles. The molecule has 0 saturated carbocycles. The Morgan fingerprint density at radius 1 is 1.03 bits per heavy atom. The third kappa shape index (κ3) is 7.53. The minimum absolute atomic E-state index is 0.114. The van der Waals surface area contributed by atoms with E-state index in [0.717, 1.165) is 50.7 Å². The molecule has 0 bridgehead atoms. The van der Waals surface area contributed by atoms with Gasteiger partial charge in [-0.1, -0.05) is 32.0 Å². The van der Waals surface area contributed by atoms with Crippen LogP contribution in [0.15, 0.2) is 42.7 Å². The van der Waals surface area contributed by atoms with Gasteiger partial charge in [-0.3, -0.25) is 14.5 Å². The van der Waals surface area contributed by atoms with Gasteiger partial charge in [0.2, 0.25) is 11.9 Å². The molecule has 33 heavy (non-hydrogen) atoms. The highest BCUT2D eigenvalue weighted by Crippen LogP contribution is 2.11. The average molecular weight is 453 g/mol. The lowest BCUT2D eigenvalue weighted by Crippen LogP contribution is -2.49. The topological polar surface area (TPSA) is 90.5 Å². The summed E-state index contributed by atoms with van der Waals surface area (Å²) in [5, 5.41) is 5.96. The molecule has 1 unspecified atom stereocenters. The van der Waals surface area contributed by atoms with Crippen LogP contribution in [0.2, 0.25) is 0 Å². The number of aryl methyl sites for hydroxylation is 1. The normalized spacial score (nSPS) is 15.3. The second-order valence-electron chi connectivity index (χ2n) is 8.99. The van der Waals surface area contributed by atoms with Gasteiger partial charge in [-0.25, -0.2) is 9.97 Å². The van der Waals surface area contributed by atoms with E-state index in [-0.39, 0.29) is 11.8 Å². The summed E-state index contributed by atoms with van der Waals surface area (Å²) >= 11 is 0. The Morgan fingerprint density at radius 3 is 2.39 bits per heavy atom. The highest BCUT2D eigenvalue weighted by molar-refractivity contribution is 5.98. The first-order valence-electron chi connectivity index (χ1n) is 11.8. The van der Waals surface area contributed by atoms with Crippen molar-refractivity contribution in [2.75, 3.05) is 44.2 Å². The van der Waals surface area contributed by atoms with Crippen molar-refractivity contribution < 1.29 is 9.59 Å². The molecule has 8 heteroatoms. The smallest absolute Gasteiger partial charge is 0.252 e. The maximum atomic E-state index is 12.8. The summed E-state index contributed by atoms with van der Waals surface area (Å²) in [6, 6.07) is 8.73. The van der Waals surface area contributed by atoms with E-state index < -0.39 is 6.04 Å². The molecule has 2 N–H and O–H groups in total. The van der Waals surface area contributed by atoms with Gasteiger partial charge in [0, 0.05) is 50.7 Å². The van der Waals surface area contributed by atoms with Gasteiger partial charge in [0.25, 0.3) is 5.91 Å². The van der Waals surface area contributed by atoms with Crippen molar-refractivity contribution in [2.45, 2.75) is 39.7 Å². The Morgan fingerprint density at radius 2 is 1.73 bits per heavy atom. The van der Waals surface area contributed by atoms with Crippen LogP contribution >= 0.6 is 0 Å². The fourth-order valence-corrected chi connectivity index (χ4v) is 4.03. The molecular formula is C25H36N6O2. The fourth-order valence-electron chi connectivity index (χ4n) is 4.03. The molecule has 2 heterocycles. The largest absolute Gasteiger partial charge is 0.354 e. The number of anilines is 1. The lowest BCUT2D eigenvalue weighted by molar-refractivity contribution is -0.123. The quantitative estimate of drug-likeness (QED) is 0.538. The van der Waals surface area contributed by atoms with E-state index in [1.54, 1.807) is 18.5 Å². The van der Waals surface area contributed by atoms with Gasteiger partial charge >= 0.3 is 0 Å². The minimum Gasteiger partial charge on any atom is -0.354 e. The molecule has 2 aromatic rings. The third-order valence-electron chi connectivity index (χ3n) is 5.88. The number of nitrogens with one attached hydrogen (secondary N) is 2. The first-order valence-corrected chi connectivity index (χ1v) is 11.8. The zero-order valence-electron chi connectivity index (χ0n) is 20.0. The Balaban J connectivity index is 1.41. The molecular weight excluding hydrogens is 416 g/mol. The van der Waals surface area contributed by atoms with Gasteiger partial charge in [0.05, 0.1) is 0 Å². The van der Waals surface area contributed by atoms with E-state index in [1.165, 1.54) is 0 Å². The lowest BCUT2D eigenvalue weighted by atomic mass is 10.0. The van der Waals surface area contributed by atoms with Crippen molar-refractivity contribution in [3.63, 3.8) is 0 Å². The molecule has 178 valence electrons. The first kappa shape index (κ1) is 24.6. The standard InChI is InChI=1S/C25H36N6O2/c1-19(2)18-22(29-23(32)21-9-5-4-8-20(21)3)24(33)26-12-7-13-30-14-16-31(17-15-30)25-27-10-6-11-28-25/h4-6,8-11,19,22H,7,12-18H2,1-3H3,(H,26,33)(H,29,32). The third-order valence-corrected chi connectivity index (χ3v) is 5.88. The Bertz CT molecular complexity index is 897. The predicted octanol–water partition coefficient (Wildman–Crippen LogP) is 2.26. The van der Waals surface area contributed by atoms with Gasteiger partial charge < -0.3 is 15.5 Å². The van der Waals surface area contributed by atoms with E-state index in [2.05, 4.69) is 44.2 Å². The van der Waals surface area contributed by atoms with Crippen molar-refractivity contribution >= 4 is 17.8 Å². The number of rotatable bonds is 10. The Labute approximate surface area is 196 Å². The molecule has 1 aromatic heterocycles. The second-order valence-corrected chi connectivity index (χ2v) is 8.99. The van der Waals surface area contributed by atoms with E-state index in [0.29, 0.717) is 24.4 Å². The highest BCUT2D eigenvalue weighted by Gasteiger charge is 2.23.